The highest BCUT2D eigenvalue weighted by Crippen LogP contribution is 2.10. The van der Waals surface area contributed by atoms with Gasteiger partial charge in [0.1, 0.15) is 11.6 Å². The van der Waals surface area contributed by atoms with Crippen molar-refractivity contribution in [1.82, 2.24) is 14.9 Å². The predicted molar refractivity (Wildman–Crippen MR) is 68.6 cm³/mol. The summed E-state index contributed by atoms with van der Waals surface area (Å²) < 4.78 is 10.9. The molecular weight excluding hydrogens is 232 g/mol. The molecule has 0 atom stereocenters. The first-order valence-electron chi connectivity index (χ1n) is 6.28. The standard InChI is InChI=1S/C12H20N4O2/c1-10-14-11(13)9-12(15-10)18-6-2-3-16-4-7-17-8-5-16/h9H,2-8H2,1H3,(H2,13,14,15). The first kappa shape index (κ1) is 13.0. The summed E-state index contributed by atoms with van der Waals surface area (Å²) in [5.74, 6) is 1.64. The Morgan fingerprint density at radius 1 is 1.39 bits per heavy atom. The number of aromatic nitrogens is 2. The fraction of sp³-hybridized carbons (Fsp3) is 0.667. The predicted octanol–water partition coefficient (Wildman–Crippen LogP) is 0.468. The number of aryl methyl sites for hydroxylation is 1. The third kappa shape index (κ3) is 4.12. The molecule has 1 saturated heterocycles. The molecule has 0 aromatic carbocycles. The lowest BCUT2D eigenvalue weighted by Crippen LogP contribution is -2.37. The zero-order valence-corrected chi connectivity index (χ0v) is 10.8. The molecule has 100 valence electrons. The third-order valence-corrected chi connectivity index (χ3v) is 2.81. The maximum Gasteiger partial charge on any atom is 0.218 e. The molecule has 0 unspecified atom stereocenters. The highest BCUT2D eigenvalue weighted by molar-refractivity contribution is 5.32. The number of hydrogen-bond acceptors (Lipinski definition) is 6. The van der Waals surface area contributed by atoms with Gasteiger partial charge < -0.3 is 15.2 Å². The molecule has 1 aromatic heterocycles. The minimum atomic E-state index is 0.450. The van der Waals surface area contributed by atoms with Crippen LogP contribution in [-0.4, -0.2) is 54.3 Å². The zero-order chi connectivity index (χ0) is 12.8. The summed E-state index contributed by atoms with van der Waals surface area (Å²) in [7, 11) is 0. The van der Waals surface area contributed by atoms with Crippen LogP contribution in [0.4, 0.5) is 5.82 Å². The molecule has 2 N–H and O–H groups in total. The lowest BCUT2D eigenvalue weighted by molar-refractivity contribution is 0.0357. The van der Waals surface area contributed by atoms with Gasteiger partial charge in [0, 0.05) is 25.7 Å². The highest BCUT2D eigenvalue weighted by Gasteiger charge is 2.09. The van der Waals surface area contributed by atoms with Crippen molar-refractivity contribution >= 4 is 5.82 Å². The Bertz CT molecular complexity index is 360. The van der Waals surface area contributed by atoms with Crippen LogP contribution in [-0.2, 0) is 4.74 Å². The lowest BCUT2D eigenvalue weighted by atomic mass is 10.3. The van der Waals surface area contributed by atoms with Crippen molar-refractivity contribution in [3.05, 3.63) is 11.9 Å². The molecule has 0 aliphatic carbocycles. The summed E-state index contributed by atoms with van der Waals surface area (Å²) in [6.45, 7) is 7.18. The average Bonchev–Trinajstić information content (AvgIpc) is 2.35. The van der Waals surface area contributed by atoms with Crippen molar-refractivity contribution in [3.63, 3.8) is 0 Å². The summed E-state index contributed by atoms with van der Waals surface area (Å²) in [5, 5.41) is 0. The second kappa shape index (κ2) is 6.51. The minimum Gasteiger partial charge on any atom is -0.477 e. The van der Waals surface area contributed by atoms with Crippen molar-refractivity contribution in [1.29, 1.82) is 0 Å². The fourth-order valence-corrected chi connectivity index (χ4v) is 1.93. The number of rotatable bonds is 5. The molecular formula is C12H20N4O2. The zero-order valence-electron chi connectivity index (χ0n) is 10.8. The van der Waals surface area contributed by atoms with E-state index < -0.39 is 0 Å². The quantitative estimate of drug-likeness (QED) is 0.768. The summed E-state index contributed by atoms with van der Waals surface area (Å²) in [5.41, 5.74) is 5.63. The van der Waals surface area contributed by atoms with Gasteiger partial charge >= 0.3 is 0 Å². The molecule has 1 aliphatic heterocycles. The van der Waals surface area contributed by atoms with Crippen LogP contribution in [0.25, 0.3) is 0 Å². The van der Waals surface area contributed by atoms with E-state index in [9.17, 15) is 0 Å². The van der Waals surface area contributed by atoms with E-state index in [0.29, 0.717) is 24.1 Å². The Balaban J connectivity index is 1.68. The first-order chi connectivity index (χ1) is 8.74. The molecule has 1 aromatic rings. The monoisotopic (exact) mass is 252 g/mol. The van der Waals surface area contributed by atoms with Gasteiger partial charge in [0.2, 0.25) is 5.88 Å². The molecule has 0 saturated carbocycles. The normalized spacial score (nSPS) is 16.7. The van der Waals surface area contributed by atoms with E-state index >= 15 is 0 Å². The second-order valence-corrected chi connectivity index (χ2v) is 4.33. The molecule has 0 radical (unpaired) electrons. The smallest absolute Gasteiger partial charge is 0.218 e. The van der Waals surface area contributed by atoms with Crippen molar-refractivity contribution in [2.45, 2.75) is 13.3 Å². The second-order valence-electron chi connectivity index (χ2n) is 4.33. The highest BCUT2D eigenvalue weighted by atomic mass is 16.5. The van der Waals surface area contributed by atoms with Gasteiger partial charge in [0.05, 0.1) is 19.8 Å². The SMILES string of the molecule is Cc1nc(N)cc(OCCCN2CCOCC2)n1. The number of morpholine rings is 1. The summed E-state index contributed by atoms with van der Waals surface area (Å²) in [6, 6.07) is 1.65. The Kier molecular flexibility index (Phi) is 4.72. The maximum atomic E-state index is 5.63. The lowest BCUT2D eigenvalue weighted by Gasteiger charge is -2.26. The Hall–Kier alpha value is -1.40. The number of nitrogen functional groups attached to an aromatic ring is 1. The largest absolute Gasteiger partial charge is 0.477 e. The van der Waals surface area contributed by atoms with Crippen LogP contribution in [0.15, 0.2) is 6.07 Å². The molecule has 2 heterocycles. The number of anilines is 1. The summed E-state index contributed by atoms with van der Waals surface area (Å²) >= 11 is 0. The van der Waals surface area contributed by atoms with Gasteiger partial charge in [-0.1, -0.05) is 0 Å². The van der Waals surface area contributed by atoms with Gasteiger partial charge in [-0.3, -0.25) is 4.90 Å². The van der Waals surface area contributed by atoms with E-state index in [1.807, 2.05) is 0 Å². The summed E-state index contributed by atoms with van der Waals surface area (Å²) in [4.78, 5) is 10.6. The van der Waals surface area contributed by atoms with Crippen molar-refractivity contribution in [3.8, 4) is 5.88 Å². The van der Waals surface area contributed by atoms with Crippen LogP contribution >= 0.6 is 0 Å². The molecule has 0 spiro atoms. The van der Waals surface area contributed by atoms with Gasteiger partial charge in [-0.2, -0.15) is 4.98 Å². The molecule has 6 nitrogen and oxygen atoms in total. The molecule has 1 aliphatic rings. The van der Waals surface area contributed by atoms with Gasteiger partial charge in [0.15, 0.2) is 0 Å². The molecule has 6 heteroatoms. The van der Waals surface area contributed by atoms with Gasteiger partial charge in [-0.15, -0.1) is 0 Å². The van der Waals surface area contributed by atoms with Crippen LogP contribution in [0.2, 0.25) is 0 Å². The fourth-order valence-electron chi connectivity index (χ4n) is 1.93. The van der Waals surface area contributed by atoms with Crippen LogP contribution < -0.4 is 10.5 Å². The van der Waals surface area contributed by atoms with E-state index in [1.165, 1.54) is 0 Å². The summed E-state index contributed by atoms with van der Waals surface area (Å²) in [6.07, 6.45) is 0.975. The number of hydrogen-bond donors (Lipinski definition) is 1. The first-order valence-corrected chi connectivity index (χ1v) is 6.28. The van der Waals surface area contributed by atoms with Gasteiger partial charge in [-0.05, 0) is 13.3 Å². The van der Waals surface area contributed by atoms with Crippen LogP contribution in [0, 0.1) is 6.92 Å². The van der Waals surface area contributed by atoms with E-state index in [1.54, 1.807) is 13.0 Å². The number of ether oxygens (including phenoxy) is 2. The third-order valence-electron chi connectivity index (χ3n) is 2.81. The topological polar surface area (TPSA) is 73.5 Å². The van der Waals surface area contributed by atoms with Crippen LogP contribution in [0.1, 0.15) is 12.2 Å². The van der Waals surface area contributed by atoms with Crippen molar-refractivity contribution in [2.24, 2.45) is 0 Å². The Labute approximate surface area is 107 Å². The van der Waals surface area contributed by atoms with Gasteiger partial charge in [0.25, 0.3) is 0 Å². The maximum absolute atomic E-state index is 5.63. The molecule has 0 bridgehead atoms. The van der Waals surface area contributed by atoms with E-state index in [4.69, 9.17) is 15.2 Å². The van der Waals surface area contributed by atoms with Crippen LogP contribution in [0.5, 0.6) is 5.88 Å². The minimum absolute atomic E-state index is 0.450. The van der Waals surface area contributed by atoms with Crippen molar-refractivity contribution < 1.29 is 9.47 Å². The van der Waals surface area contributed by atoms with E-state index in [2.05, 4.69) is 14.9 Å². The molecule has 1 fully saturated rings. The number of nitrogens with two attached hydrogens (primary N) is 1. The van der Waals surface area contributed by atoms with E-state index in [-0.39, 0.29) is 0 Å². The Morgan fingerprint density at radius 3 is 2.89 bits per heavy atom. The number of nitrogens with zero attached hydrogens (tertiary/aromatic N) is 3. The molecule has 0 amide bonds. The van der Waals surface area contributed by atoms with Crippen LogP contribution in [0.3, 0.4) is 0 Å². The molecule has 18 heavy (non-hydrogen) atoms. The van der Waals surface area contributed by atoms with Gasteiger partial charge in [-0.25, -0.2) is 4.98 Å². The van der Waals surface area contributed by atoms with Crippen molar-refractivity contribution in [2.75, 3.05) is 45.2 Å². The average molecular weight is 252 g/mol. The van der Waals surface area contributed by atoms with E-state index in [0.717, 1.165) is 39.3 Å². The Morgan fingerprint density at radius 2 is 2.17 bits per heavy atom. The molecule has 2 rings (SSSR count).